The Kier molecular flexibility index (Phi) is 2.78. The number of nitrogens with zero attached hydrogens (tertiary/aromatic N) is 1. The average Bonchev–Trinajstić information content (AvgIpc) is 3.07. The number of amides is 1. The largest absolute Gasteiger partial charge is 0.395 e. The lowest BCUT2D eigenvalue weighted by Gasteiger charge is -2.15. The number of nitrogens with one attached hydrogen (secondary N) is 1. The molecule has 4 nitrogen and oxygen atoms in total. The van der Waals surface area contributed by atoms with E-state index in [1.54, 1.807) is 0 Å². The maximum atomic E-state index is 12.3. The van der Waals surface area contributed by atoms with Gasteiger partial charge in [0.1, 0.15) is 6.61 Å². The van der Waals surface area contributed by atoms with Gasteiger partial charge in [-0.1, -0.05) is 35.5 Å². The molecule has 94 valence electrons. The molecule has 1 saturated carbocycles. The molecule has 0 bridgehead atoms. The number of hydrogen-bond acceptors (Lipinski definition) is 3. The fraction of sp³-hybridized carbons (Fsp3) is 0.429. The lowest BCUT2D eigenvalue weighted by Crippen LogP contribution is -2.37. The zero-order valence-corrected chi connectivity index (χ0v) is 10.2. The van der Waals surface area contributed by atoms with Crippen LogP contribution >= 0.6 is 0 Å². The van der Waals surface area contributed by atoms with E-state index >= 15 is 0 Å². The highest BCUT2D eigenvalue weighted by molar-refractivity contribution is 5.95. The van der Waals surface area contributed by atoms with Crippen LogP contribution in [0, 0.1) is 0 Å². The van der Waals surface area contributed by atoms with E-state index in [1.165, 1.54) is 0 Å². The third kappa shape index (κ3) is 1.98. The molecule has 1 aromatic rings. The maximum Gasteiger partial charge on any atom is 0.230 e. The molecule has 0 radical (unpaired) electrons. The van der Waals surface area contributed by atoms with Crippen LogP contribution in [-0.2, 0) is 15.0 Å². The van der Waals surface area contributed by atoms with Crippen molar-refractivity contribution in [3.05, 3.63) is 35.9 Å². The predicted octanol–water partition coefficient (Wildman–Crippen LogP) is 1.61. The van der Waals surface area contributed by atoms with E-state index < -0.39 is 0 Å². The molecule has 0 saturated heterocycles. The van der Waals surface area contributed by atoms with E-state index in [9.17, 15) is 4.79 Å². The van der Waals surface area contributed by atoms with Gasteiger partial charge in [0.2, 0.25) is 5.91 Å². The molecule has 18 heavy (non-hydrogen) atoms. The first-order valence-corrected chi connectivity index (χ1v) is 6.33. The first kappa shape index (κ1) is 11.3. The minimum absolute atomic E-state index is 0.114. The smallest absolute Gasteiger partial charge is 0.230 e. The summed E-state index contributed by atoms with van der Waals surface area (Å²) < 4.78 is 0. The van der Waals surface area contributed by atoms with Gasteiger partial charge in [-0.2, -0.15) is 0 Å². The molecule has 3 rings (SSSR count). The molecule has 0 spiro atoms. The lowest BCUT2D eigenvalue weighted by molar-refractivity contribution is -0.123. The Morgan fingerprint density at radius 3 is 2.72 bits per heavy atom. The molecule has 4 heteroatoms. The summed E-state index contributed by atoms with van der Waals surface area (Å²) in [5.74, 6) is 0.114. The molecule has 0 aromatic heterocycles. The van der Waals surface area contributed by atoms with Gasteiger partial charge < -0.3 is 10.2 Å². The van der Waals surface area contributed by atoms with E-state index in [4.69, 9.17) is 4.84 Å². The highest BCUT2D eigenvalue weighted by Gasteiger charge is 2.50. The fourth-order valence-electron chi connectivity index (χ4n) is 2.35. The van der Waals surface area contributed by atoms with E-state index in [0.717, 1.165) is 30.5 Å². The van der Waals surface area contributed by atoms with Crippen molar-refractivity contribution in [2.24, 2.45) is 5.16 Å². The molecular formula is C14H16N2O2. The van der Waals surface area contributed by atoms with Gasteiger partial charge in [-0.15, -0.1) is 0 Å². The monoisotopic (exact) mass is 244 g/mol. The van der Waals surface area contributed by atoms with E-state index in [-0.39, 0.29) is 11.3 Å². The summed E-state index contributed by atoms with van der Waals surface area (Å²) in [5, 5.41) is 6.86. The van der Waals surface area contributed by atoms with Gasteiger partial charge in [-0.25, -0.2) is 0 Å². The molecule has 1 aliphatic heterocycles. The molecule has 1 N–H and O–H groups in total. The first-order chi connectivity index (χ1) is 8.81. The van der Waals surface area contributed by atoms with Gasteiger partial charge in [0.15, 0.2) is 0 Å². The molecular weight excluding hydrogens is 228 g/mol. The van der Waals surface area contributed by atoms with Crippen LogP contribution in [0.3, 0.4) is 0 Å². The summed E-state index contributed by atoms with van der Waals surface area (Å²) in [7, 11) is 0. The van der Waals surface area contributed by atoms with Crippen molar-refractivity contribution in [2.45, 2.75) is 24.7 Å². The summed E-state index contributed by atoms with van der Waals surface area (Å²) >= 11 is 0. The molecule has 1 fully saturated rings. The van der Waals surface area contributed by atoms with Gasteiger partial charge >= 0.3 is 0 Å². The fourth-order valence-corrected chi connectivity index (χ4v) is 2.35. The van der Waals surface area contributed by atoms with Crippen molar-refractivity contribution in [2.75, 3.05) is 13.2 Å². The van der Waals surface area contributed by atoms with Crippen LogP contribution in [0.25, 0.3) is 0 Å². The zero-order chi connectivity index (χ0) is 12.4. The molecule has 2 aliphatic rings. The highest BCUT2D eigenvalue weighted by atomic mass is 16.6. The Balaban J connectivity index is 1.65. The van der Waals surface area contributed by atoms with Gasteiger partial charge in [0, 0.05) is 6.42 Å². The van der Waals surface area contributed by atoms with Crippen LogP contribution in [0.5, 0.6) is 0 Å². The Hall–Kier alpha value is -1.84. The van der Waals surface area contributed by atoms with Crippen LogP contribution in [0.1, 0.15) is 24.8 Å². The third-order valence-electron chi connectivity index (χ3n) is 3.64. The summed E-state index contributed by atoms with van der Waals surface area (Å²) in [6.45, 7) is 1.14. The number of carbonyl (C=O) groups excluding carboxylic acids is 1. The number of rotatable bonds is 4. The van der Waals surface area contributed by atoms with Crippen LogP contribution in [0.4, 0.5) is 0 Å². The van der Waals surface area contributed by atoms with Crippen molar-refractivity contribution in [3.63, 3.8) is 0 Å². The van der Waals surface area contributed by atoms with Crippen LogP contribution in [0.15, 0.2) is 35.5 Å². The quantitative estimate of drug-likeness (QED) is 0.874. The molecule has 0 atom stereocenters. The zero-order valence-electron chi connectivity index (χ0n) is 10.2. The molecule has 1 amide bonds. The van der Waals surface area contributed by atoms with Crippen LogP contribution in [0.2, 0.25) is 0 Å². The summed E-state index contributed by atoms with van der Waals surface area (Å²) in [4.78, 5) is 17.2. The minimum atomic E-state index is -0.290. The molecule has 1 heterocycles. The summed E-state index contributed by atoms with van der Waals surface area (Å²) in [6.07, 6.45) is 2.69. The summed E-state index contributed by atoms with van der Waals surface area (Å²) in [6, 6.07) is 10.0. The second kappa shape index (κ2) is 4.44. The molecule has 1 aromatic carbocycles. The Morgan fingerprint density at radius 2 is 2.11 bits per heavy atom. The maximum absolute atomic E-state index is 12.3. The van der Waals surface area contributed by atoms with Crippen molar-refractivity contribution < 1.29 is 9.63 Å². The van der Waals surface area contributed by atoms with Crippen molar-refractivity contribution in [3.8, 4) is 0 Å². The number of hydrogen-bond donors (Lipinski definition) is 1. The second-order valence-corrected chi connectivity index (χ2v) is 4.87. The first-order valence-electron chi connectivity index (χ1n) is 6.33. The van der Waals surface area contributed by atoms with Gasteiger partial charge in [0.25, 0.3) is 0 Å². The third-order valence-corrected chi connectivity index (χ3v) is 3.64. The topological polar surface area (TPSA) is 50.7 Å². The Bertz CT molecular complexity index is 478. The summed E-state index contributed by atoms with van der Waals surface area (Å²) in [5.41, 5.74) is 1.75. The standard InChI is InChI=1S/C14H16N2O2/c17-13(15-10-12-6-9-18-16-12)14(7-8-14)11-4-2-1-3-5-11/h1-5H,6-10H2,(H,15,17). The Labute approximate surface area is 106 Å². The van der Waals surface area contributed by atoms with Crippen molar-refractivity contribution in [1.82, 2.24) is 5.32 Å². The van der Waals surface area contributed by atoms with E-state index in [1.807, 2.05) is 30.3 Å². The number of carbonyl (C=O) groups is 1. The average molecular weight is 244 g/mol. The van der Waals surface area contributed by atoms with Crippen LogP contribution < -0.4 is 5.32 Å². The minimum Gasteiger partial charge on any atom is -0.395 e. The Morgan fingerprint density at radius 1 is 1.33 bits per heavy atom. The van der Waals surface area contributed by atoms with Gasteiger partial charge in [-0.05, 0) is 18.4 Å². The lowest BCUT2D eigenvalue weighted by atomic mass is 9.95. The van der Waals surface area contributed by atoms with Crippen molar-refractivity contribution >= 4 is 11.6 Å². The SMILES string of the molecule is O=C(NCC1=NOCC1)C1(c2ccccc2)CC1. The van der Waals surface area contributed by atoms with E-state index in [0.29, 0.717) is 13.2 Å². The predicted molar refractivity (Wildman–Crippen MR) is 68.4 cm³/mol. The molecule has 1 aliphatic carbocycles. The van der Waals surface area contributed by atoms with Gasteiger partial charge in [-0.3, -0.25) is 4.79 Å². The van der Waals surface area contributed by atoms with Gasteiger partial charge in [0.05, 0.1) is 17.7 Å². The van der Waals surface area contributed by atoms with E-state index in [2.05, 4.69) is 10.5 Å². The highest BCUT2D eigenvalue weighted by Crippen LogP contribution is 2.48. The van der Waals surface area contributed by atoms with Crippen LogP contribution in [-0.4, -0.2) is 24.8 Å². The number of oxime groups is 1. The van der Waals surface area contributed by atoms with Crippen molar-refractivity contribution in [1.29, 1.82) is 0 Å². The normalized spacial score (nSPS) is 19.9. The second-order valence-electron chi connectivity index (χ2n) is 4.87. The number of benzene rings is 1. The molecule has 0 unspecified atom stereocenters.